The molecule has 3 heterocycles. The van der Waals surface area contributed by atoms with E-state index in [1.165, 1.54) is 24.3 Å². The van der Waals surface area contributed by atoms with E-state index in [-0.39, 0.29) is 17.9 Å². The van der Waals surface area contributed by atoms with Crippen molar-refractivity contribution in [2.75, 3.05) is 26.7 Å². The van der Waals surface area contributed by atoms with E-state index in [9.17, 15) is 9.59 Å². The van der Waals surface area contributed by atoms with Gasteiger partial charge in [-0.15, -0.1) is 0 Å². The van der Waals surface area contributed by atoms with Gasteiger partial charge in [-0.05, 0) is 38.1 Å². The van der Waals surface area contributed by atoms with Crippen LogP contribution in [-0.2, 0) is 9.59 Å². The molecular formula is C17H24N4O3. The number of likely N-dealkylation sites (tertiary alicyclic amines) is 1. The molecule has 0 aromatic carbocycles. The molecular weight excluding hydrogens is 308 g/mol. The van der Waals surface area contributed by atoms with Crippen molar-refractivity contribution >= 4 is 17.5 Å². The van der Waals surface area contributed by atoms with E-state index >= 15 is 0 Å². The zero-order valence-corrected chi connectivity index (χ0v) is 14.0. The number of nitrogens with one attached hydrogen (secondary N) is 1. The highest BCUT2D eigenvalue weighted by Crippen LogP contribution is 2.24. The van der Waals surface area contributed by atoms with Crippen LogP contribution in [0.1, 0.15) is 43.9 Å². The minimum atomic E-state index is -0.206. The summed E-state index contributed by atoms with van der Waals surface area (Å²) in [7, 11) is 1.58. The van der Waals surface area contributed by atoms with E-state index in [0.717, 1.165) is 18.8 Å². The number of hydrazone groups is 1. The first-order chi connectivity index (χ1) is 11.6. The Morgan fingerprint density at radius 2 is 2.12 bits per heavy atom. The standard InChI is InChI=1S/C17H24N4O3/c1-20-16(22)8-7-13(19-20)17(23)18-12-14(15-6-5-11-24-15)21-9-3-2-4-10-21/h5-6,11,14H,2-4,7-10,12H2,1H3,(H,18,23). The Kier molecular flexibility index (Phi) is 5.30. The topological polar surface area (TPSA) is 78.2 Å². The van der Waals surface area contributed by atoms with Gasteiger partial charge in [0.15, 0.2) is 0 Å². The molecule has 1 N–H and O–H groups in total. The van der Waals surface area contributed by atoms with Crippen LogP contribution in [0.5, 0.6) is 0 Å². The molecule has 130 valence electrons. The number of amides is 2. The van der Waals surface area contributed by atoms with Gasteiger partial charge < -0.3 is 9.73 Å². The molecule has 1 aromatic rings. The smallest absolute Gasteiger partial charge is 0.267 e. The minimum absolute atomic E-state index is 0.0350. The number of carbonyl (C=O) groups is 2. The summed E-state index contributed by atoms with van der Waals surface area (Å²) >= 11 is 0. The van der Waals surface area contributed by atoms with E-state index in [2.05, 4.69) is 15.3 Å². The lowest BCUT2D eigenvalue weighted by Gasteiger charge is -2.33. The number of rotatable bonds is 5. The molecule has 1 aromatic heterocycles. The summed E-state index contributed by atoms with van der Waals surface area (Å²) in [5, 5.41) is 8.27. The molecule has 2 aliphatic heterocycles. The number of furan rings is 1. The third kappa shape index (κ3) is 3.84. The quantitative estimate of drug-likeness (QED) is 0.887. The van der Waals surface area contributed by atoms with Crippen molar-refractivity contribution in [3.8, 4) is 0 Å². The monoisotopic (exact) mass is 332 g/mol. The second-order valence-electron chi connectivity index (χ2n) is 6.30. The number of hydrogen-bond acceptors (Lipinski definition) is 5. The SMILES string of the molecule is CN1N=C(C(=O)NCC(c2ccco2)N2CCCCC2)CCC1=O. The molecule has 0 saturated carbocycles. The van der Waals surface area contributed by atoms with Gasteiger partial charge in [-0.1, -0.05) is 6.42 Å². The van der Waals surface area contributed by atoms with E-state index in [0.29, 0.717) is 25.1 Å². The molecule has 1 atom stereocenters. The lowest BCUT2D eigenvalue weighted by Crippen LogP contribution is -2.43. The van der Waals surface area contributed by atoms with Crippen molar-refractivity contribution in [2.45, 2.75) is 38.1 Å². The van der Waals surface area contributed by atoms with Crippen molar-refractivity contribution in [1.82, 2.24) is 15.2 Å². The fourth-order valence-electron chi connectivity index (χ4n) is 3.24. The summed E-state index contributed by atoms with van der Waals surface area (Å²) in [6.07, 6.45) is 5.99. The first-order valence-corrected chi connectivity index (χ1v) is 8.55. The van der Waals surface area contributed by atoms with Gasteiger partial charge in [-0.3, -0.25) is 14.5 Å². The van der Waals surface area contributed by atoms with Gasteiger partial charge in [0, 0.05) is 26.4 Å². The van der Waals surface area contributed by atoms with Crippen LogP contribution in [0.2, 0.25) is 0 Å². The molecule has 1 unspecified atom stereocenters. The van der Waals surface area contributed by atoms with E-state index in [1.807, 2.05) is 12.1 Å². The lowest BCUT2D eigenvalue weighted by molar-refractivity contribution is -0.130. The molecule has 3 rings (SSSR count). The summed E-state index contributed by atoms with van der Waals surface area (Å²) < 4.78 is 5.58. The average Bonchev–Trinajstić information content (AvgIpc) is 3.12. The molecule has 7 heteroatoms. The highest BCUT2D eigenvalue weighted by molar-refractivity contribution is 6.39. The van der Waals surface area contributed by atoms with Crippen LogP contribution >= 0.6 is 0 Å². The van der Waals surface area contributed by atoms with Crippen molar-refractivity contribution in [2.24, 2.45) is 5.10 Å². The van der Waals surface area contributed by atoms with Crippen LogP contribution in [0, 0.1) is 0 Å². The largest absolute Gasteiger partial charge is 0.468 e. The van der Waals surface area contributed by atoms with Crippen LogP contribution in [0.3, 0.4) is 0 Å². The zero-order chi connectivity index (χ0) is 16.9. The maximum atomic E-state index is 12.4. The summed E-state index contributed by atoms with van der Waals surface area (Å²) in [4.78, 5) is 26.2. The summed E-state index contributed by atoms with van der Waals surface area (Å²) in [5.41, 5.74) is 0.411. The fraction of sp³-hybridized carbons (Fsp3) is 0.588. The third-order valence-corrected chi connectivity index (χ3v) is 4.63. The van der Waals surface area contributed by atoms with Crippen LogP contribution in [0.4, 0.5) is 0 Å². The molecule has 2 aliphatic rings. The van der Waals surface area contributed by atoms with Crippen molar-refractivity contribution in [3.63, 3.8) is 0 Å². The molecule has 2 amide bonds. The Morgan fingerprint density at radius 3 is 2.79 bits per heavy atom. The van der Waals surface area contributed by atoms with Gasteiger partial charge in [0.2, 0.25) is 5.91 Å². The molecule has 24 heavy (non-hydrogen) atoms. The Morgan fingerprint density at radius 1 is 1.33 bits per heavy atom. The summed E-state index contributed by atoms with van der Waals surface area (Å²) in [6, 6.07) is 3.86. The normalized spacial score (nSPS) is 20.6. The number of nitrogens with zero attached hydrogens (tertiary/aromatic N) is 3. The van der Waals surface area contributed by atoms with Crippen molar-refractivity contribution in [1.29, 1.82) is 0 Å². The fourth-order valence-corrected chi connectivity index (χ4v) is 3.24. The molecule has 1 fully saturated rings. The maximum Gasteiger partial charge on any atom is 0.267 e. The Bertz CT molecular complexity index is 605. The molecule has 7 nitrogen and oxygen atoms in total. The van der Waals surface area contributed by atoms with E-state index in [4.69, 9.17) is 4.42 Å². The predicted octanol–water partition coefficient (Wildman–Crippen LogP) is 1.53. The van der Waals surface area contributed by atoms with Crippen LogP contribution in [0.25, 0.3) is 0 Å². The number of carbonyl (C=O) groups excluding carboxylic acids is 2. The van der Waals surface area contributed by atoms with Crippen molar-refractivity contribution in [3.05, 3.63) is 24.2 Å². The molecule has 0 aliphatic carbocycles. The lowest BCUT2D eigenvalue weighted by atomic mass is 10.1. The first-order valence-electron chi connectivity index (χ1n) is 8.55. The van der Waals surface area contributed by atoms with Crippen LogP contribution in [-0.4, -0.2) is 54.1 Å². The van der Waals surface area contributed by atoms with Gasteiger partial charge in [-0.25, -0.2) is 5.01 Å². The van der Waals surface area contributed by atoms with Gasteiger partial charge in [0.05, 0.1) is 12.3 Å². The van der Waals surface area contributed by atoms with Gasteiger partial charge >= 0.3 is 0 Å². The van der Waals surface area contributed by atoms with Gasteiger partial charge in [0.25, 0.3) is 5.91 Å². The van der Waals surface area contributed by atoms with Crippen molar-refractivity contribution < 1.29 is 14.0 Å². The highest BCUT2D eigenvalue weighted by Gasteiger charge is 2.27. The molecule has 1 saturated heterocycles. The van der Waals surface area contributed by atoms with Gasteiger partial charge in [-0.2, -0.15) is 5.10 Å². The summed E-state index contributed by atoms with van der Waals surface area (Å²) in [5.74, 6) is 0.603. The third-order valence-electron chi connectivity index (χ3n) is 4.63. The maximum absolute atomic E-state index is 12.4. The highest BCUT2D eigenvalue weighted by atomic mass is 16.3. The molecule has 0 bridgehead atoms. The Labute approximate surface area is 141 Å². The first kappa shape index (κ1) is 16.7. The Balaban J connectivity index is 1.64. The number of piperidine rings is 1. The second kappa shape index (κ2) is 7.61. The minimum Gasteiger partial charge on any atom is -0.468 e. The Hall–Kier alpha value is -2.15. The zero-order valence-electron chi connectivity index (χ0n) is 14.0. The van der Waals surface area contributed by atoms with Crippen LogP contribution in [0.15, 0.2) is 27.9 Å². The van der Waals surface area contributed by atoms with Crippen LogP contribution < -0.4 is 5.32 Å². The van der Waals surface area contributed by atoms with Gasteiger partial charge in [0.1, 0.15) is 11.5 Å². The molecule has 0 radical (unpaired) electrons. The van der Waals surface area contributed by atoms with E-state index < -0.39 is 0 Å². The molecule has 0 spiro atoms. The average molecular weight is 332 g/mol. The summed E-state index contributed by atoms with van der Waals surface area (Å²) in [6.45, 7) is 2.50. The number of hydrogen-bond donors (Lipinski definition) is 1. The predicted molar refractivity (Wildman–Crippen MR) is 89.3 cm³/mol. The van der Waals surface area contributed by atoms with E-state index in [1.54, 1.807) is 13.3 Å². The second-order valence-corrected chi connectivity index (χ2v) is 6.30.